The van der Waals surface area contributed by atoms with Crippen molar-refractivity contribution in [3.05, 3.63) is 114 Å². The van der Waals surface area contributed by atoms with Gasteiger partial charge in [0, 0.05) is 29.5 Å². The molecular weight excluding hydrogens is 388 g/mol. The molecule has 1 fully saturated rings. The Morgan fingerprint density at radius 1 is 0.867 bits per heavy atom. The molecule has 5 heteroatoms. The Hall–Kier alpha value is -3.44. The van der Waals surface area contributed by atoms with Crippen molar-refractivity contribution in [2.45, 2.75) is 19.0 Å². The minimum atomic E-state index is -0.0587. The Balaban J connectivity index is 1.68. The van der Waals surface area contributed by atoms with Gasteiger partial charge in [-0.3, -0.25) is 4.98 Å². The number of anilines is 1. The largest absolute Gasteiger partial charge is 0.351 e. The standard InChI is InChI=1S/C25H22N4S/c1-18-9-7-12-20(17-18)29-24(23(27-25(29)30)21-13-5-6-15-26-21)22-14-8-16-28(22)19-10-3-2-4-11-19/h2-17,23-24H,1H3,(H,27,30)/t23-,24+/m0/s1. The lowest BCUT2D eigenvalue weighted by Crippen LogP contribution is -2.30. The van der Waals surface area contributed by atoms with Gasteiger partial charge in [0.25, 0.3) is 0 Å². The second-order valence-corrected chi connectivity index (χ2v) is 7.86. The fraction of sp³-hybridized carbons (Fsp3) is 0.120. The molecule has 1 aliphatic heterocycles. The number of aryl methyl sites for hydroxylation is 1. The molecule has 3 heterocycles. The first-order valence-corrected chi connectivity index (χ1v) is 10.4. The van der Waals surface area contributed by atoms with Gasteiger partial charge in [-0.15, -0.1) is 0 Å². The summed E-state index contributed by atoms with van der Waals surface area (Å²) in [7, 11) is 0. The van der Waals surface area contributed by atoms with Crippen LogP contribution in [0.1, 0.15) is 29.0 Å². The molecule has 5 rings (SSSR count). The number of benzene rings is 2. The zero-order valence-corrected chi connectivity index (χ0v) is 17.5. The molecule has 0 spiro atoms. The number of thiocarbonyl (C=S) groups is 1. The van der Waals surface area contributed by atoms with E-state index >= 15 is 0 Å². The number of hydrogen-bond acceptors (Lipinski definition) is 2. The molecule has 4 aromatic rings. The molecule has 1 N–H and O–H groups in total. The summed E-state index contributed by atoms with van der Waals surface area (Å²) >= 11 is 5.83. The van der Waals surface area contributed by atoms with Crippen molar-refractivity contribution in [1.29, 1.82) is 0 Å². The quantitative estimate of drug-likeness (QED) is 0.459. The summed E-state index contributed by atoms with van der Waals surface area (Å²) in [6, 6.07) is 29.1. The van der Waals surface area contributed by atoms with E-state index in [-0.39, 0.29) is 12.1 Å². The van der Waals surface area contributed by atoms with E-state index in [0.717, 1.165) is 22.8 Å². The molecule has 2 aromatic heterocycles. The summed E-state index contributed by atoms with van der Waals surface area (Å²) in [6.45, 7) is 2.11. The zero-order valence-electron chi connectivity index (χ0n) is 16.6. The van der Waals surface area contributed by atoms with Gasteiger partial charge in [-0.1, -0.05) is 36.4 Å². The molecule has 2 aromatic carbocycles. The number of para-hydroxylation sites is 1. The zero-order chi connectivity index (χ0) is 20.5. The molecule has 1 saturated heterocycles. The number of nitrogens with zero attached hydrogens (tertiary/aromatic N) is 3. The SMILES string of the molecule is Cc1cccc(N2C(=S)N[C@@H](c3ccccn3)[C@H]2c2cccn2-c2ccccc2)c1. The third-order valence-corrected chi connectivity index (χ3v) is 5.81. The fourth-order valence-electron chi connectivity index (χ4n) is 4.17. The van der Waals surface area contributed by atoms with Crippen molar-refractivity contribution >= 4 is 23.0 Å². The van der Waals surface area contributed by atoms with Crippen LogP contribution in [0.25, 0.3) is 5.69 Å². The van der Waals surface area contributed by atoms with Crippen LogP contribution < -0.4 is 10.2 Å². The van der Waals surface area contributed by atoms with Crippen LogP contribution in [0.15, 0.2) is 97.3 Å². The lowest BCUT2D eigenvalue weighted by atomic mass is 10.0. The molecule has 30 heavy (non-hydrogen) atoms. The van der Waals surface area contributed by atoms with Crippen molar-refractivity contribution in [2.24, 2.45) is 0 Å². The van der Waals surface area contributed by atoms with E-state index < -0.39 is 0 Å². The first-order valence-electron chi connectivity index (χ1n) is 10.0. The van der Waals surface area contributed by atoms with Crippen LogP contribution in [-0.4, -0.2) is 14.7 Å². The van der Waals surface area contributed by atoms with Crippen LogP contribution in [0, 0.1) is 6.92 Å². The van der Waals surface area contributed by atoms with Crippen LogP contribution in [0.4, 0.5) is 5.69 Å². The summed E-state index contributed by atoms with van der Waals surface area (Å²) in [6.07, 6.45) is 3.94. The van der Waals surface area contributed by atoms with Gasteiger partial charge < -0.3 is 14.8 Å². The van der Waals surface area contributed by atoms with Crippen molar-refractivity contribution < 1.29 is 0 Å². The molecule has 0 aliphatic carbocycles. The van der Waals surface area contributed by atoms with Crippen molar-refractivity contribution in [3.8, 4) is 5.69 Å². The highest BCUT2D eigenvalue weighted by atomic mass is 32.1. The summed E-state index contributed by atoms with van der Waals surface area (Å²) in [5.41, 5.74) is 5.54. The van der Waals surface area contributed by atoms with Crippen molar-refractivity contribution in [2.75, 3.05) is 4.90 Å². The number of rotatable bonds is 4. The van der Waals surface area contributed by atoms with Gasteiger partial charge in [0.1, 0.15) is 6.04 Å². The van der Waals surface area contributed by atoms with Gasteiger partial charge >= 0.3 is 0 Å². The third-order valence-electron chi connectivity index (χ3n) is 5.50. The van der Waals surface area contributed by atoms with Crippen LogP contribution in [-0.2, 0) is 0 Å². The van der Waals surface area contributed by atoms with Crippen LogP contribution in [0.2, 0.25) is 0 Å². The normalized spacial score (nSPS) is 18.4. The summed E-state index contributed by atoms with van der Waals surface area (Å²) in [5.74, 6) is 0. The summed E-state index contributed by atoms with van der Waals surface area (Å²) < 4.78 is 2.24. The second-order valence-electron chi connectivity index (χ2n) is 7.47. The molecular formula is C25H22N4S. The molecule has 2 atom stereocenters. The van der Waals surface area contributed by atoms with Gasteiger partial charge in [0.2, 0.25) is 0 Å². The lowest BCUT2D eigenvalue weighted by Gasteiger charge is -2.29. The van der Waals surface area contributed by atoms with Gasteiger partial charge in [-0.2, -0.15) is 0 Å². The third kappa shape index (κ3) is 3.27. The minimum absolute atomic E-state index is 0.0376. The molecule has 1 aliphatic rings. The molecule has 4 nitrogen and oxygen atoms in total. The van der Waals surface area contributed by atoms with E-state index in [1.165, 1.54) is 5.56 Å². The van der Waals surface area contributed by atoms with Gasteiger partial charge in [0.05, 0.1) is 11.7 Å². The Bertz CT molecular complexity index is 1170. The highest BCUT2D eigenvalue weighted by Gasteiger charge is 2.42. The molecule has 0 bridgehead atoms. The monoisotopic (exact) mass is 410 g/mol. The number of hydrogen-bond donors (Lipinski definition) is 1. The average Bonchev–Trinajstić information content (AvgIpc) is 3.39. The van der Waals surface area contributed by atoms with Gasteiger partial charge in [-0.05, 0) is 73.2 Å². The van der Waals surface area contributed by atoms with E-state index in [0.29, 0.717) is 5.11 Å². The first-order chi connectivity index (χ1) is 14.7. The van der Waals surface area contributed by atoms with Crippen LogP contribution >= 0.6 is 12.2 Å². The van der Waals surface area contributed by atoms with Crippen LogP contribution in [0.5, 0.6) is 0 Å². The van der Waals surface area contributed by atoms with E-state index in [1.807, 2.05) is 24.4 Å². The maximum atomic E-state index is 5.83. The molecule has 148 valence electrons. The number of pyridine rings is 1. The Kier molecular flexibility index (Phi) is 4.81. The van der Waals surface area contributed by atoms with E-state index in [4.69, 9.17) is 12.2 Å². The highest BCUT2D eigenvalue weighted by Crippen LogP contribution is 2.42. The fourth-order valence-corrected chi connectivity index (χ4v) is 4.52. The molecule has 0 saturated carbocycles. The topological polar surface area (TPSA) is 33.1 Å². The molecule has 0 radical (unpaired) electrons. The average molecular weight is 411 g/mol. The smallest absolute Gasteiger partial charge is 0.174 e. The van der Waals surface area contributed by atoms with Crippen molar-refractivity contribution in [3.63, 3.8) is 0 Å². The number of nitrogens with one attached hydrogen (secondary N) is 1. The predicted molar refractivity (Wildman–Crippen MR) is 125 cm³/mol. The first kappa shape index (κ1) is 18.6. The van der Waals surface area contributed by atoms with E-state index in [1.54, 1.807) is 0 Å². The Morgan fingerprint density at radius 3 is 2.43 bits per heavy atom. The van der Waals surface area contributed by atoms with Gasteiger partial charge in [0.15, 0.2) is 5.11 Å². The minimum Gasteiger partial charge on any atom is -0.351 e. The van der Waals surface area contributed by atoms with Gasteiger partial charge in [-0.25, -0.2) is 0 Å². The van der Waals surface area contributed by atoms with Crippen LogP contribution in [0.3, 0.4) is 0 Å². The Morgan fingerprint density at radius 2 is 1.67 bits per heavy atom. The predicted octanol–water partition coefficient (Wildman–Crippen LogP) is 5.36. The summed E-state index contributed by atoms with van der Waals surface area (Å²) in [5, 5.41) is 4.25. The molecule has 0 amide bonds. The maximum absolute atomic E-state index is 5.83. The van der Waals surface area contributed by atoms with E-state index in [2.05, 4.69) is 99.6 Å². The van der Waals surface area contributed by atoms with E-state index in [9.17, 15) is 0 Å². The second kappa shape index (κ2) is 7.76. The number of aromatic nitrogens is 2. The highest BCUT2D eigenvalue weighted by molar-refractivity contribution is 7.80. The Labute approximate surface area is 181 Å². The lowest BCUT2D eigenvalue weighted by molar-refractivity contribution is 0.549. The molecule has 0 unspecified atom stereocenters. The maximum Gasteiger partial charge on any atom is 0.174 e. The summed E-state index contributed by atoms with van der Waals surface area (Å²) in [4.78, 5) is 6.86. The van der Waals surface area contributed by atoms with Crippen molar-refractivity contribution in [1.82, 2.24) is 14.9 Å².